The summed E-state index contributed by atoms with van der Waals surface area (Å²) < 4.78 is 5.43. The summed E-state index contributed by atoms with van der Waals surface area (Å²) in [6.45, 7) is 3.33. The zero-order valence-corrected chi connectivity index (χ0v) is 12.6. The van der Waals surface area contributed by atoms with Gasteiger partial charge < -0.3 is 15.0 Å². The van der Waals surface area contributed by atoms with E-state index in [1.807, 2.05) is 0 Å². The minimum atomic E-state index is 0.443. The highest BCUT2D eigenvalue weighted by atomic mass is 16.5. The molecule has 19 heavy (non-hydrogen) atoms. The zero-order valence-electron chi connectivity index (χ0n) is 12.6. The lowest BCUT2D eigenvalue weighted by Crippen LogP contribution is -2.37. The molecular weight excluding hydrogens is 236 g/mol. The smallest absolute Gasteiger partial charge is 0.122 e. The van der Waals surface area contributed by atoms with E-state index in [-0.39, 0.29) is 0 Å². The summed E-state index contributed by atoms with van der Waals surface area (Å²) in [7, 11) is 6.08. The van der Waals surface area contributed by atoms with Crippen LogP contribution in [0, 0.1) is 0 Å². The molecule has 3 nitrogen and oxygen atoms in total. The molecule has 0 aromatic heterocycles. The topological polar surface area (TPSA) is 24.5 Å². The van der Waals surface area contributed by atoms with Gasteiger partial charge in [0.1, 0.15) is 5.75 Å². The molecule has 1 aromatic rings. The van der Waals surface area contributed by atoms with Crippen molar-refractivity contribution >= 4 is 0 Å². The molecule has 2 rings (SSSR count). The third-order valence-electron chi connectivity index (χ3n) is 4.06. The summed E-state index contributed by atoms with van der Waals surface area (Å²) in [5.74, 6) is 1.00. The first-order valence-corrected chi connectivity index (χ1v) is 7.24. The summed E-state index contributed by atoms with van der Waals surface area (Å²) in [6, 6.07) is 7.64. The van der Waals surface area contributed by atoms with E-state index in [0.29, 0.717) is 12.1 Å². The van der Waals surface area contributed by atoms with Crippen LogP contribution in [0.3, 0.4) is 0 Å². The standard InChI is InChI=1S/C16H26N2O/c1-5-12-11-13(8-9-15(12)19-4)16(18(2)3)14-7-6-10-17-14/h8-9,11,14,16-17H,5-7,10H2,1-4H3. The molecule has 0 radical (unpaired) electrons. The molecule has 3 heteroatoms. The third-order valence-corrected chi connectivity index (χ3v) is 4.06. The van der Waals surface area contributed by atoms with Gasteiger partial charge in [-0.25, -0.2) is 0 Å². The molecule has 2 unspecified atom stereocenters. The van der Waals surface area contributed by atoms with Crippen LogP contribution in [0.15, 0.2) is 18.2 Å². The summed E-state index contributed by atoms with van der Waals surface area (Å²) in [6.07, 6.45) is 3.55. The Labute approximate surface area is 116 Å². The van der Waals surface area contributed by atoms with Gasteiger partial charge in [0, 0.05) is 12.1 Å². The van der Waals surface area contributed by atoms with Gasteiger partial charge >= 0.3 is 0 Å². The van der Waals surface area contributed by atoms with E-state index < -0.39 is 0 Å². The fraction of sp³-hybridized carbons (Fsp3) is 0.625. The quantitative estimate of drug-likeness (QED) is 0.883. The molecule has 1 N–H and O–H groups in total. The first-order chi connectivity index (χ1) is 9.17. The van der Waals surface area contributed by atoms with E-state index >= 15 is 0 Å². The van der Waals surface area contributed by atoms with Gasteiger partial charge in [-0.1, -0.05) is 19.1 Å². The number of nitrogens with zero attached hydrogens (tertiary/aromatic N) is 1. The van der Waals surface area contributed by atoms with Crippen molar-refractivity contribution in [2.24, 2.45) is 0 Å². The Hall–Kier alpha value is -1.06. The molecule has 0 aliphatic carbocycles. The molecule has 1 fully saturated rings. The number of likely N-dealkylation sites (N-methyl/N-ethyl adjacent to an activating group) is 1. The number of benzene rings is 1. The Balaban J connectivity index is 2.30. The highest BCUT2D eigenvalue weighted by Gasteiger charge is 2.27. The van der Waals surface area contributed by atoms with Gasteiger partial charge in [0.15, 0.2) is 0 Å². The van der Waals surface area contributed by atoms with Crippen molar-refractivity contribution in [1.29, 1.82) is 0 Å². The lowest BCUT2D eigenvalue weighted by Gasteiger charge is -2.31. The maximum atomic E-state index is 5.43. The van der Waals surface area contributed by atoms with Gasteiger partial charge in [0.2, 0.25) is 0 Å². The largest absolute Gasteiger partial charge is 0.496 e. The summed E-state index contributed by atoms with van der Waals surface area (Å²) in [5, 5.41) is 3.63. The molecule has 106 valence electrons. The van der Waals surface area contributed by atoms with Crippen molar-refractivity contribution < 1.29 is 4.74 Å². The Kier molecular flexibility index (Phi) is 4.83. The van der Waals surface area contributed by atoms with E-state index in [4.69, 9.17) is 4.74 Å². The van der Waals surface area contributed by atoms with Crippen molar-refractivity contribution in [3.05, 3.63) is 29.3 Å². The van der Waals surface area contributed by atoms with Gasteiger partial charge in [-0.05, 0) is 57.1 Å². The average Bonchev–Trinajstić information content (AvgIpc) is 2.92. The van der Waals surface area contributed by atoms with Crippen LogP contribution in [0.1, 0.15) is 36.9 Å². The fourth-order valence-corrected chi connectivity index (χ4v) is 3.13. The predicted molar refractivity (Wildman–Crippen MR) is 79.8 cm³/mol. The SMILES string of the molecule is CCc1cc(C(C2CCCN2)N(C)C)ccc1OC. The zero-order chi connectivity index (χ0) is 13.8. The highest BCUT2D eigenvalue weighted by Crippen LogP contribution is 2.30. The number of methoxy groups -OCH3 is 1. The normalized spacial score (nSPS) is 20.8. The molecule has 0 bridgehead atoms. The highest BCUT2D eigenvalue weighted by molar-refractivity contribution is 5.39. The van der Waals surface area contributed by atoms with Gasteiger partial charge in [0.05, 0.1) is 7.11 Å². The Morgan fingerprint density at radius 1 is 1.42 bits per heavy atom. The van der Waals surface area contributed by atoms with Crippen LogP contribution in [0.25, 0.3) is 0 Å². The number of nitrogens with one attached hydrogen (secondary N) is 1. The molecule has 2 atom stereocenters. The summed E-state index contributed by atoms with van der Waals surface area (Å²) in [5.41, 5.74) is 2.69. The maximum absolute atomic E-state index is 5.43. The predicted octanol–water partition coefficient (Wildman–Crippen LogP) is 2.61. The van der Waals surface area contributed by atoms with E-state index in [1.165, 1.54) is 24.0 Å². The minimum absolute atomic E-state index is 0.443. The number of aryl methyl sites for hydroxylation is 1. The van der Waals surface area contributed by atoms with Crippen LogP contribution in [0.5, 0.6) is 5.75 Å². The van der Waals surface area contributed by atoms with Crippen LogP contribution < -0.4 is 10.1 Å². The number of hydrogen-bond donors (Lipinski definition) is 1. The number of hydrogen-bond acceptors (Lipinski definition) is 3. The molecule has 1 heterocycles. The third kappa shape index (κ3) is 3.10. The molecule has 0 amide bonds. The van der Waals surface area contributed by atoms with Gasteiger partial charge in [-0.2, -0.15) is 0 Å². The molecule has 1 aromatic carbocycles. The molecule has 1 aliphatic rings. The molecule has 0 spiro atoms. The molecule has 1 saturated heterocycles. The van der Waals surface area contributed by atoms with Crippen molar-refractivity contribution in [3.63, 3.8) is 0 Å². The van der Waals surface area contributed by atoms with E-state index in [1.54, 1.807) is 7.11 Å². The lowest BCUT2D eigenvalue weighted by molar-refractivity contribution is 0.244. The second kappa shape index (κ2) is 6.40. The van der Waals surface area contributed by atoms with Crippen LogP contribution in [-0.2, 0) is 6.42 Å². The average molecular weight is 262 g/mol. The van der Waals surface area contributed by atoms with Crippen molar-refractivity contribution in [2.45, 2.75) is 38.3 Å². The summed E-state index contributed by atoms with van der Waals surface area (Å²) >= 11 is 0. The van der Waals surface area contributed by atoms with Crippen molar-refractivity contribution in [1.82, 2.24) is 10.2 Å². The Morgan fingerprint density at radius 3 is 2.74 bits per heavy atom. The van der Waals surface area contributed by atoms with Gasteiger partial charge in [0.25, 0.3) is 0 Å². The minimum Gasteiger partial charge on any atom is -0.496 e. The van der Waals surface area contributed by atoms with Crippen molar-refractivity contribution in [3.8, 4) is 5.75 Å². The van der Waals surface area contributed by atoms with Crippen LogP contribution in [-0.4, -0.2) is 38.7 Å². The first-order valence-electron chi connectivity index (χ1n) is 7.24. The molecule has 1 aliphatic heterocycles. The second-order valence-corrected chi connectivity index (χ2v) is 5.54. The number of ether oxygens (including phenoxy) is 1. The van der Waals surface area contributed by atoms with Crippen molar-refractivity contribution in [2.75, 3.05) is 27.7 Å². The first kappa shape index (κ1) is 14.4. The van der Waals surface area contributed by atoms with Gasteiger partial charge in [-0.15, -0.1) is 0 Å². The number of rotatable bonds is 5. The fourth-order valence-electron chi connectivity index (χ4n) is 3.13. The summed E-state index contributed by atoms with van der Waals surface area (Å²) in [4.78, 5) is 2.32. The monoisotopic (exact) mass is 262 g/mol. The Morgan fingerprint density at radius 2 is 2.21 bits per heavy atom. The van der Waals surface area contributed by atoms with Crippen LogP contribution in [0.4, 0.5) is 0 Å². The lowest BCUT2D eigenvalue weighted by atomic mass is 9.94. The van der Waals surface area contributed by atoms with E-state index in [2.05, 4.69) is 49.4 Å². The second-order valence-electron chi connectivity index (χ2n) is 5.54. The molecular formula is C16H26N2O. The molecule has 0 saturated carbocycles. The van der Waals surface area contributed by atoms with Gasteiger partial charge in [-0.3, -0.25) is 0 Å². The Bertz CT molecular complexity index is 411. The van der Waals surface area contributed by atoms with E-state index in [0.717, 1.165) is 18.7 Å². The maximum Gasteiger partial charge on any atom is 0.122 e. The van der Waals surface area contributed by atoms with Crippen LogP contribution >= 0.6 is 0 Å². The van der Waals surface area contributed by atoms with E-state index in [9.17, 15) is 0 Å². The van der Waals surface area contributed by atoms with Crippen LogP contribution in [0.2, 0.25) is 0 Å².